The molecule has 1 aliphatic rings. The minimum absolute atomic E-state index is 0.708. The van der Waals surface area contributed by atoms with Crippen molar-refractivity contribution in [1.82, 2.24) is 0 Å². The molecule has 0 amide bonds. The van der Waals surface area contributed by atoms with Crippen LogP contribution in [-0.4, -0.2) is 0 Å². The lowest BCUT2D eigenvalue weighted by Crippen LogP contribution is -1.98. The molecule has 0 bridgehead atoms. The summed E-state index contributed by atoms with van der Waals surface area (Å²) in [7, 11) is 0. The van der Waals surface area contributed by atoms with Crippen LogP contribution in [0.25, 0.3) is 5.57 Å². The van der Waals surface area contributed by atoms with Gasteiger partial charge in [-0.2, -0.15) is 0 Å². The number of para-hydroxylation sites is 1. The van der Waals surface area contributed by atoms with E-state index in [0.29, 0.717) is 11.8 Å². The Bertz CT molecular complexity index is 502. The van der Waals surface area contributed by atoms with Gasteiger partial charge in [-0.05, 0) is 56.1 Å². The fraction of sp³-hybridized carbons (Fsp3) is 0.474. The van der Waals surface area contributed by atoms with Crippen LogP contribution in [0.3, 0.4) is 0 Å². The second kappa shape index (κ2) is 6.78. The molecule has 20 heavy (non-hydrogen) atoms. The number of rotatable bonds is 6. The first kappa shape index (κ1) is 14.9. The smallest absolute Gasteiger partial charge is 0.0390 e. The highest BCUT2D eigenvalue weighted by atomic mass is 14.6. The quantitative estimate of drug-likeness (QED) is 0.539. The van der Waals surface area contributed by atoms with Crippen molar-refractivity contribution in [2.45, 2.75) is 46.5 Å². The molecule has 2 rings (SSSR count). The molecule has 108 valence electrons. The third-order valence-corrected chi connectivity index (χ3v) is 4.44. The number of anilines is 1. The van der Waals surface area contributed by atoms with Crippen molar-refractivity contribution in [3.8, 4) is 0 Å². The highest BCUT2D eigenvalue weighted by Gasteiger charge is 2.27. The molecule has 1 aromatic carbocycles. The first-order valence-corrected chi connectivity index (χ1v) is 7.90. The van der Waals surface area contributed by atoms with Gasteiger partial charge in [0.1, 0.15) is 0 Å². The molecule has 1 saturated carbocycles. The largest absolute Gasteiger partial charge is 0.398 e. The Morgan fingerprint density at radius 1 is 1.20 bits per heavy atom. The molecule has 0 spiro atoms. The van der Waals surface area contributed by atoms with E-state index in [9.17, 15) is 0 Å². The van der Waals surface area contributed by atoms with E-state index < -0.39 is 0 Å². The lowest BCUT2D eigenvalue weighted by molar-refractivity contribution is 0.572. The zero-order valence-electron chi connectivity index (χ0n) is 13.0. The lowest BCUT2D eigenvalue weighted by Gasteiger charge is -2.13. The first-order valence-electron chi connectivity index (χ1n) is 7.90. The average molecular weight is 269 g/mol. The van der Waals surface area contributed by atoms with Crippen LogP contribution in [0.15, 0.2) is 42.0 Å². The summed E-state index contributed by atoms with van der Waals surface area (Å²) in [5.74, 6) is 1.42. The van der Waals surface area contributed by atoms with Crippen molar-refractivity contribution < 1.29 is 0 Å². The Morgan fingerprint density at radius 2 is 1.85 bits per heavy atom. The summed E-state index contributed by atoms with van der Waals surface area (Å²) in [6, 6.07) is 8.25. The fourth-order valence-electron chi connectivity index (χ4n) is 2.89. The van der Waals surface area contributed by atoms with Crippen LogP contribution in [0.5, 0.6) is 0 Å². The van der Waals surface area contributed by atoms with Crippen LogP contribution in [-0.2, 0) is 0 Å². The van der Waals surface area contributed by atoms with Crippen LogP contribution in [0, 0.1) is 11.8 Å². The average Bonchev–Trinajstić information content (AvgIpc) is 3.27. The molecule has 0 atom stereocenters. The van der Waals surface area contributed by atoms with Gasteiger partial charge in [-0.1, -0.05) is 49.8 Å². The summed E-state index contributed by atoms with van der Waals surface area (Å²) in [5, 5.41) is 0. The lowest BCUT2D eigenvalue weighted by atomic mass is 9.93. The monoisotopic (exact) mass is 269 g/mol. The standard InChI is InChI=1S/C19H27N/c1-4-15(5-2)14(3)10-13-17(16-11-12-16)18-8-6-7-9-19(18)20/h6-10,13,15-16H,4-5,11-12,20H2,1-3H3/b14-10+,17-13+. The Balaban J connectivity index is 2.28. The van der Waals surface area contributed by atoms with E-state index in [2.05, 4.69) is 45.1 Å². The van der Waals surface area contributed by atoms with Gasteiger partial charge in [-0.3, -0.25) is 0 Å². The summed E-state index contributed by atoms with van der Waals surface area (Å²) in [6.45, 7) is 6.80. The molecular formula is C19H27N. The number of nitrogens with two attached hydrogens (primary N) is 1. The van der Waals surface area contributed by atoms with Crippen molar-refractivity contribution in [1.29, 1.82) is 0 Å². The molecule has 0 aromatic heterocycles. The van der Waals surface area contributed by atoms with Crippen molar-refractivity contribution in [3.05, 3.63) is 47.6 Å². The maximum absolute atomic E-state index is 6.14. The Morgan fingerprint density at radius 3 is 2.40 bits per heavy atom. The number of allylic oxidation sites excluding steroid dienone is 4. The van der Waals surface area contributed by atoms with Gasteiger partial charge in [-0.15, -0.1) is 0 Å². The van der Waals surface area contributed by atoms with Gasteiger partial charge in [-0.25, -0.2) is 0 Å². The molecule has 1 aliphatic carbocycles. The zero-order valence-corrected chi connectivity index (χ0v) is 13.0. The SMILES string of the molecule is CCC(CC)/C(C)=C/C=C(/c1ccccc1N)C1CC1. The van der Waals surface area contributed by atoms with Crippen LogP contribution in [0.4, 0.5) is 5.69 Å². The van der Waals surface area contributed by atoms with Crippen molar-refractivity contribution in [3.63, 3.8) is 0 Å². The van der Waals surface area contributed by atoms with Crippen molar-refractivity contribution in [2.75, 3.05) is 5.73 Å². The van der Waals surface area contributed by atoms with Gasteiger partial charge in [0, 0.05) is 11.3 Å². The van der Waals surface area contributed by atoms with Gasteiger partial charge in [0.25, 0.3) is 0 Å². The van der Waals surface area contributed by atoms with E-state index in [0.717, 1.165) is 5.69 Å². The number of hydrogen-bond donors (Lipinski definition) is 1. The zero-order chi connectivity index (χ0) is 14.5. The second-order valence-electron chi connectivity index (χ2n) is 5.91. The van der Waals surface area contributed by atoms with Crippen LogP contribution < -0.4 is 5.73 Å². The predicted octanol–water partition coefficient (Wildman–Crippen LogP) is 5.44. The summed E-state index contributed by atoms with van der Waals surface area (Å²) in [6.07, 6.45) is 9.68. The molecule has 0 saturated heterocycles. The Hall–Kier alpha value is -1.50. The Kier molecular flexibility index (Phi) is 5.05. The molecule has 0 radical (unpaired) electrons. The predicted molar refractivity (Wildman–Crippen MR) is 89.4 cm³/mol. The van der Waals surface area contributed by atoms with Gasteiger partial charge in [0.15, 0.2) is 0 Å². The van der Waals surface area contributed by atoms with Gasteiger partial charge < -0.3 is 5.73 Å². The third kappa shape index (κ3) is 3.53. The molecule has 1 nitrogen and oxygen atoms in total. The normalized spacial score (nSPS) is 16.8. The first-order chi connectivity index (χ1) is 9.67. The summed E-state index contributed by atoms with van der Waals surface area (Å²) in [4.78, 5) is 0. The van der Waals surface area contributed by atoms with Crippen molar-refractivity contribution >= 4 is 11.3 Å². The number of nitrogen functional groups attached to an aromatic ring is 1. The number of hydrogen-bond acceptors (Lipinski definition) is 1. The maximum atomic E-state index is 6.14. The van der Waals surface area contributed by atoms with E-state index in [1.807, 2.05) is 12.1 Å². The van der Waals surface area contributed by atoms with E-state index in [1.54, 1.807) is 0 Å². The topological polar surface area (TPSA) is 26.0 Å². The second-order valence-corrected chi connectivity index (χ2v) is 5.91. The van der Waals surface area contributed by atoms with E-state index >= 15 is 0 Å². The van der Waals surface area contributed by atoms with E-state index in [4.69, 9.17) is 5.73 Å². The maximum Gasteiger partial charge on any atom is 0.0390 e. The van der Waals surface area contributed by atoms with Crippen LogP contribution in [0.1, 0.15) is 52.0 Å². The minimum Gasteiger partial charge on any atom is -0.398 e. The molecule has 1 heteroatoms. The molecule has 0 unspecified atom stereocenters. The van der Waals surface area contributed by atoms with Crippen LogP contribution in [0.2, 0.25) is 0 Å². The summed E-state index contributed by atoms with van der Waals surface area (Å²) >= 11 is 0. The van der Waals surface area contributed by atoms with E-state index in [-0.39, 0.29) is 0 Å². The summed E-state index contributed by atoms with van der Waals surface area (Å²) in [5.41, 5.74) is 11.2. The van der Waals surface area contributed by atoms with Crippen LogP contribution >= 0.6 is 0 Å². The molecule has 0 aliphatic heterocycles. The van der Waals surface area contributed by atoms with E-state index in [1.165, 1.54) is 42.4 Å². The van der Waals surface area contributed by atoms with Gasteiger partial charge in [0.2, 0.25) is 0 Å². The highest BCUT2D eigenvalue weighted by Crippen LogP contribution is 2.43. The molecule has 1 aromatic rings. The Labute approximate surface area is 123 Å². The van der Waals surface area contributed by atoms with Gasteiger partial charge in [0.05, 0.1) is 0 Å². The van der Waals surface area contributed by atoms with Gasteiger partial charge >= 0.3 is 0 Å². The molecule has 2 N–H and O–H groups in total. The third-order valence-electron chi connectivity index (χ3n) is 4.44. The fourth-order valence-corrected chi connectivity index (χ4v) is 2.89. The molecular weight excluding hydrogens is 242 g/mol. The number of benzene rings is 1. The van der Waals surface area contributed by atoms with Crippen molar-refractivity contribution in [2.24, 2.45) is 11.8 Å². The summed E-state index contributed by atoms with van der Waals surface area (Å²) < 4.78 is 0. The molecule has 1 fully saturated rings. The minimum atomic E-state index is 0.708. The molecule has 0 heterocycles. The highest BCUT2D eigenvalue weighted by molar-refractivity contribution is 5.78.